The summed E-state index contributed by atoms with van der Waals surface area (Å²) in [5.74, 6) is 1.62. The minimum Gasteiger partial charge on any atom is -0.497 e. The molecule has 2 aromatic rings. The molecule has 5 heteroatoms. The Morgan fingerprint density at radius 3 is 2.37 bits per heavy atom. The molecular formula is C14H16BrN3O. The van der Waals surface area contributed by atoms with Crippen molar-refractivity contribution in [3.8, 4) is 5.75 Å². The summed E-state index contributed by atoms with van der Waals surface area (Å²) < 4.78 is 6.03. The second kappa shape index (κ2) is 6.52. The fourth-order valence-corrected chi connectivity index (χ4v) is 1.90. The SMILES string of the molecule is COc1ccc(CCN(C)c2ncc(Br)cn2)cc1. The highest BCUT2D eigenvalue weighted by Gasteiger charge is 2.04. The summed E-state index contributed by atoms with van der Waals surface area (Å²) in [6.07, 6.45) is 4.46. The monoisotopic (exact) mass is 321 g/mol. The van der Waals surface area contributed by atoms with Crippen molar-refractivity contribution >= 4 is 21.9 Å². The van der Waals surface area contributed by atoms with E-state index in [2.05, 4.69) is 38.0 Å². The summed E-state index contributed by atoms with van der Waals surface area (Å²) in [6.45, 7) is 0.869. The quantitative estimate of drug-likeness (QED) is 0.848. The van der Waals surface area contributed by atoms with E-state index in [9.17, 15) is 0 Å². The van der Waals surface area contributed by atoms with Gasteiger partial charge in [-0.15, -0.1) is 0 Å². The standard InChI is InChI=1S/C14H16BrN3O/c1-18(14-16-9-12(15)10-17-14)8-7-11-3-5-13(19-2)6-4-11/h3-6,9-10H,7-8H2,1-2H3. The van der Waals surface area contributed by atoms with Crippen LogP contribution in [0, 0.1) is 0 Å². The van der Waals surface area contributed by atoms with E-state index in [0.29, 0.717) is 0 Å². The first-order chi connectivity index (χ1) is 9.19. The summed E-state index contributed by atoms with van der Waals surface area (Å²) in [7, 11) is 3.67. The molecule has 0 atom stereocenters. The third kappa shape index (κ3) is 3.92. The van der Waals surface area contributed by atoms with E-state index in [0.717, 1.165) is 29.1 Å². The molecule has 0 bridgehead atoms. The largest absolute Gasteiger partial charge is 0.497 e. The molecule has 100 valence electrons. The van der Waals surface area contributed by atoms with Crippen molar-refractivity contribution < 1.29 is 4.74 Å². The Bertz CT molecular complexity index is 513. The summed E-state index contributed by atoms with van der Waals surface area (Å²) in [5, 5.41) is 0. The molecule has 2 rings (SSSR count). The van der Waals surface area contributed by atoms with Gasteiger partial charge in [-0.1, -0.05) is 12.1 Å². The predicted molar refractivity (Wildman–Crippen MR) is 79.7 cm³/mol. The predicted octanol–water partition coefficient (Wildman–Crippen LogP) is 2.93. The first kappa shape index (κ1) is 13.8. The smallest absolute Gasteiger partial charge is 0.225 e. The third-order valence-corrected chi connectivity index (χ3v) is 3.25. The van der Waals surface area contributed by atoms with Crippen molar-refractivity contribution in [1.29, 1.82) is 0 Å². The number of likely N-dealkylation sites (N-methyl/N-ethyl adjacent to an activating group) is 1. The van der Waals surface area contributed by atoms with Crippen LogP contribution < -0.4 is 9.64 Å². The van der Waals surface area contributed by atoms with Gasteiger partial charge in [-0.2, -0.15) is 0 Å². The fraction of sp³-hybridized carbons (Fsp3) is 0.286. The van der Waals surface area contributed by atoms with Crippen molar-refractivity contribution in [3.63, 3.8) is 0 Å². The molecule has 0 amide bonds. The number of halogens is 1. The van der Waals surface area contributed by atoms with Crippen LogP contribution in [0.2, 0.25) is 0 Å². The lowest BCUT2D eigenvalue weighted by Gasteiger charge is -2.16. The van der Waals surface area contributed by atoms with E-state index >= 15 is 0 Å². The van der Waals surface area contributed by atoms with E-state index in [1.165, 1.54) is 5.56 Å². The molecule has 4 nitrogen and oxygen atoms in total. The molecular weight excluding hydrogens is 306 g/mol. The van der Waals surface area contributed by atoms with Crippen LogP contribution in [-0.4, -0.2) is 30.7 Å². The second-order valence-electron chi connectivity index (χ2n) is 4.22. The minimum absolute atomic E-state index is 0.733. The molecule has 0 unspecified atom stereocenters. The Balaban J connectivity index is 1.92. The summed E-state index contributed by atoms with van der Waals surface area (Å²) in [5.41, 5.74) is 1.27. The number of rotatable bonds is 5. The van der Waals surface area contributed by atoms with Gasteiger partial charge in [0.05, 0.1) is 11.6 Å². The lowest BCUT2D eigenvalue weighted by atomic mass is 10.1. The van der Waals surface area contributed by atoms with Crippen molar-refractivity contribution in [2.75, 3.05) is 25.6 Å². The minimum atomic E-state index is 0.733. The lowest BCUT2D eigenvalue weighted by Crippen LogP contribution is -2.22. The van der Waals surface area contributed by atoms with Crippen LogP contribution in [0.15, 0.2) is 41.1 Å². The van der Waals surface area contributed by atoms with Gasteiger partial charge in [0.1, 0.15) is 5.75 Å². The Morgan fingerprint density at radius 2 is 1.79 bits per heavy atom. The van der Waals surface area contributed by atoms with Gasteiger partial charge in [0.25, 0.3) is 0 Å². The average Bonchev–Trinajstić information content (AvgIpc) is 2.46. The number of hydrogen-bond acceptors (Lipinski definition) is 4. The number of hydrogen-bond donors (Lipinski definition) is 0. The second-order valence-corrected chi connectivity index (χ2v) is 5.14. The van der Waals surface area contributed by atoms with Crippen molar-refractivity contribution in [2.24, 2.45) is 0 Å². The zero-order valence-electron chi connectivity index (χ0n) is 11.0. The van der Waals surface area contributed by atoms with Crippen LogP contribution in [0.1, 0.15) is 5.56 Å². The topological polar surface area (TPSA) is 38.2 Å². The summed E-state index contributed by atoms with van der Waals surface area (Å²) in [4.78, 5) is 10.6. The number of nitrogens with zero attached hydrogens (tertiary/aromatic N) is 3. The van der Waals surface area contributed by atoms with Crippen molar-refractivity contribution in [1.82, 2.24) is 9.97 Å². The lowest BCUT2D eigenvalue weighted by molar-refractivity contribution is 0.414. The van der Waals surface area contributed by atoms with Crippen LogP contribution >= 0.6 is 15.9 Å². The molecule has 1 aromatic carbocycles. The maximum atomic E-state index is 5.14. The number of aromatic nitrogens is 2. The maximum Gasteiger partial charge on any atom is 0.225 e. The Morgan fingerprint density at radius 1 is 1.16 bits per heavy atom. The van der Waals surface area contributed by atoms with Gasteiger partial charge in [0.2, 0.25) is 5.95 Å². The van der Waals surface area contributed by atoms with E-state index in [1.807, 2.05) is 24.1 Å². The van der Waals surface area contributed by atoms with E-state index in [1.54, 1.807) is 19.5 Å². The fourth-order valence-electron chi connectivity index (χ4n) is 1.69. The first-order valence-corrected chi connectivity index (χ1v) is 6.80. The molecule has 0 saturated carbocycles. The highest BCUT2D eigenvalue weighted by molar-refractivity contribution is 9.10. The van der Waals surface area contributed by atoms with Gasteiger partial charge in [0, 0.05) is 26.0 Å². The van der Waals surface area contributed by atoms with Crippen LogP contribution in [0.5, 0.6) is 5.75 Å². The average molecular weight is 322 g/mol. The van der Waals surface area contributed by atoms with Gasteiger partial charge in [0.15, 0.2) is 0 Å². The molecule has 0 spiro atoms. The molecule has 0 fully saturated rings. The zero-order chi connectivity index (χ0) is 13.7. The Kier molecular flexibility index (Phi) is 4.74. The Labute approximate surface area is 121 Å². The van der Waals surface area contributed by atoms with Crippen LogP contribution in [0.4, 0.5) is 5.95 Å². The Hall–Kier alpha value is -1.62. The number of ether oxygens (including phenoxy) is 1. The number of methoxy groups -OCH3 is 1. The molecule has 0 radical (unpaired) electrons. The van der Waals surface area contributed by atoms with Crippen LogP contribution in [0.25, 0.3) is 0 Å². The molecule has 0 aliphatic carbocycles. The van der Waals surface area contributed by atoms with Crippen molar-refractivity contribution in [2.45, 2.75) is 6.42 Å². The molecule has 0 saturated heterocycles. The van der Waals surface area contributed by atoms with Crippen LogP contribution in [-0.2, 0) is 6.42 Å². The van der Waals surface area contributed by atoms with E-state index in [-0.39, 0.29) is 0 Å². The number of benzene rings is 1. The molecule has 0 aliphatic heterocycles. The van der Waals surface area contributed by atoms with Gasteiger partial charge in [-0.25, -0.2) is 9.97 Å². The third-order valence-electron chi connectivity index (χ3n) is 2.84. The van der Waals surface area contributed by atoms with Gasteiger partial charge in [-0.3, -0.25) is 0 Å². The normalized spacial score (nSPS) is 10.3. The number of anilines is 1. The molecule has 1 heterocycles. The van der Waals surface area contributed by atoms with Crippen molar-refractivity contribution in [3.05, 3.63) is 46.7 Å². The molecule has 1 aromatic heterocycles. The van der Waals surface area contributed by atoms with E-state index in [4.69, 9.17) is 4.74 Å². The van der Waals surface area contributed by atoms with Gasteiger partial charge in [-0.05, 0) is 40.0 Å². The van der Waals surface area contributed by atoms with Crippen LogP contribution in [0.3, 0.4) is 0 Å². The van der Waals surface area contributed by atoms with E-state index < -0.39 is 0 Å². The maximum absolute atomic E-state index is 5.14. The molecule has 0 aliphatic rings. The molecule has 0 N–H and O–H groups in total. The summed E-state index contributed by atoms with van der Waals surface area (Å²) >= 11 is 3.33. The first-order valence-electron chi connectivity index (χ1n) is 6.00. The summed E-state index contributed by atoms with van der Waals surface area (Å²) in [6, 6.07) is 8.11. The highest BCUT2D eigenvalue weighted by Crippen LogP contribution is 2.13. The van der Waals surface area contributed by atoms with Gasteiger partial charge >= 0.3 is 0 Å². The van der Waals surface area contributed by atoms with Gasteiger partial charge < -0.3 is 9.64 Å². The molecule has 19 heavy (non-hydrogen) atoms. The highest BCUT2D eigenvalue weighted by atomic mass is 79.9. The zero-order valence-corrected chi connectivity index (χ0v) is 12.6.